The van der Waals surface area contributed by atoms with Crippen LogP contribution in [0.5, 0.6) is 5.75 Å². The molecule has 4 N–H and O–H groups in total. The maximum atomic E-state index is 12.2. The molecule has 1 aliphatic heterocycles. The summed E-state index contributed by atoms with van der Waals surface area (Å²) in [4.78, 5) is 17.1. The van der Waals surface area contributed by atoms with Crippen molar-refractivity contribution in [3.8, 4) is 5.75 Å². The second-order valence-corrected chi connectivity index (χ2v) is 12.1. The molecule has 0 amide bonds. The van der Waals surface area contributed by atoms with E-state index < -0.39 is 6.16 Å². The number of carbonyl (C=O) groups is 1. The summed E-state index contributed by atoms with van der Waals surface area (Å²) in [6.45, 7) is 3.39. The van der Waals surface area contributed by atoms with E-state index in [2.05, 4.69) is 21.3 Å². The summed E-state index contributed by atoms with van der Waals surface area (Å²) in [6, 6.07) is 3.25. The van der Waals surface area contributed by atoms with Crippen molar-refractivity contribution in [1.29, 1.82) is 0 Å². The van der Waals surface area contributed by atoms with Gasteiger partial charge in [0.15, 0.2) is 5.75 Å². The Morgan fingerprint density at radius 1 is 0.895 bits per heavy atom. The Labute approximate surface area is 245 Å². The summed E-state index contributed by atoms with van der Waals surface area (Å²) in [7, 11) is 11.1. The topological polar surface area (TPSA) is 106 Å². The summed E-state index contributed by atoms with van der Waals surface area (Å²) in [5.41, 5.74) is 1.42. The van der Waals surface area contributed by atoms with Gasteiger partial charge in [-0.05, 0) is 25.7 Å². The number of ether oxygens (including phenoxy) is 3. The second kappa shape index (κ2) is 18.1. The molecule has 3 aliphatic rings. The molecule has 2 fully saturated rings. The third-order valence-electron chi connectivity index (χ3n) is 7.32. The fraction of sp³-hybridized carbons (Fsp3) is 0.760. The summed E-state index contributed by atoms with van der Waals surface area (Å²) in [5.74, 6) is 0.329. The van der Waals surface area contributed by atoms with E-state index in [1.807, 2.05) is 0 Å². The summed E-state index contributed by atoms with van der Waals surface area (Å²) in [5, 5.41) is 15.4. The molecule has 4 atom stereocenters. The number of fused-ring (bicyclic) bond motifs is 4. The first kappa shape index (κ1) is 32.1. The molecule has 0 spiro atoms. The van der Waals surface area contributed by atoms with E-state index in [0.29, 0.717) is 60.3 Å². The van der Waals surface area contributed by atoms with Crippen LogP contribution in [0.2, 0.25) is 5.02 Å². The molecule has 2 saturated carbocycles. The quantitative estimate of drug-likeness (QED) is 0.219. The standard InChI is InChI=1S/C25H40ClN5O4.2ClH.Mn/c1-33-12-13-34-25(32)35-24-14-17(26)22-15-29-20-8-4-2-6-18(20)27-10-11-28-19-7-3-5-9-21(19)30-16-23(24)31-22;;;/h14,18-21,27-30H,2-13,15-16H2,1H3;2*1H;/q;;;+2/p-2/t18-,19-,20-,21-;;;/m1.../s1. The van der Waals surface area contributed by atoms with Crippen molar-refractivity contribution in [1.82, 2.24) is 26.3 Å². The monoisotopic (exact) mass is 634 g/mol. The molecule has 9 nitrogen and oxygen atoms in total. The van der Waals surface area contributed by atoms with Crippen LogP contribution in [0.4, 0.5) is 4.79 Å². The molecule has 0 saturated heterocycles. The molecule has 217 valence electrons. The van der Waals surface area contributed by atoms with E-state index in [1.54, 1.807) is 13.2 Å². The molecule has 0 unspecified atom stereocenters. The minimum atomic E-state index is -0.786. The van der Waals surface area contributed by atoms with Gasteiger partial charge in [0.25, 0.3) is 0 Å². The zero-order valence-electron chi connectivity index (χ0n) is 21.9. The Morgan fingerprint density at radius 3 is 1.92 bits per heavy atom. The van der Waals surface area contributed by atoms with Crippen molar-refractivity contribution in [2.45, 2.75) is 88.6 Å². The van der Waals surface area contributed by atoms with Gasteiger partial charge in [-0.1, -0.05) is 37.3 Å². The number of halogens is 3. The van der Waals surface area contributed by atoms with Crippen molar-refractivity contribution < 1.29 is 32.1 Å². The van der Waals surface area contributed by atoms with E-state index in [1.165, 1.54) is 32.1 Å². The van der Waals surface area contributed by atoms with Crippen LogP contribution in [0, 0.1) is 0 Å². The van der Waals surface area contributed by atoms with Crippen molar-refractivity contribution in [3.05, 3.63) is 22.5 Å². The molecule has 1 aromatic rings. The average molecular weight is 636 g/mol. The van der Waals surface area contributed by atoms with Crippen LogP contribution in [0.1, 0.15) is 62.8 Å². The van der Waals surface area contributed by atoms with Gasteiger partial charge in [-0.3, -0.25) is 0 Å². The number of pyridine rings is 1. The van der Waals surface area contributed by atoms with Crippen LogP contribution in [0.15, 0.2) is 6.07 Å². The van der Waals surface area contributed by atoms with Gasteiger partial charge in [0.05, 0.1) is 23.0 Å². The normalized spacial score (nSPS) is 26.3. The molecule has 2 aliphatic carbocycles. The first-order chi connectivity index (χ1) is 18.5. The van der Waals surface area contributed by atoms with Gasteiger partial charge in [0.1, 0.15) is 6.61 Å². The average Bonchev–Trinajstić information content (AvgIpc) is 2.92. The maximum absolute atomic E-state index is 12.2. The fourth-order valence-corrected chi connectivity index (χ4v) is 5.64. The predicted octanol–water partition coefficient (Wildman–Crippen LogP) is 4.27. The number of nitrogens with zero attached hydrogens (tertiary/aromatic N) is 1. The Kier molecular flexibility index (Phi) is 15.3. The molecule has 0 aromatic carbocycles. The molecule has 0 radical (unpaired) electrons. The van der Waals surface area contributed by atoms with Gasteiger partial charge >= 0.3 is 39.5 Å². The number of aromatic nitrogens is 1. The molecule has 38 heavy (non-hydrogen) atoms. The van der Waals surface area contributed by atoms with E-state index in [9.17, 15) is 4.79 Å². The van der Waals surface area contributed by atoms with E-state index in [-0.39, 0.29) is 19.7 Å². The number of rotatable bonds is 4. The first-order valence-electron chi connectivity index (χ1n) is 13.4. The molecule has 4 rings (SSSR count). The zero-order valence-corrected chi connectivity index (χ0v) is 25.3. The van der Waals surface area contributed by atoms with Gasteiger partial charge in [-0.2, -0.15) is 0 Å². The van der Waals surface area contributed by atoms with Crippen LogP contribution in [0.25, 0.3) is 0 Å². The van der Waals surface area contributed by atoms with Gasteiger partial charge in [0.2, 0.25) is 0 Å². The minimum absolute atomic E-state index is 0.00694. The van der Waals surface area contributed by atoms with E-state index >= 15 is 0 Å². The van der Waals surface area contributed by atoms with Crippen molar-refractivity contribution in [2.24, 2.45) is 0 Å². The molecular formula is C25H40Cl3MnN5O4. The number of methoxy groups -OCH3 is 1. The van der Waals surface area contributed by atoms with Gasteiger partial charge in [-0.25, -0.2) is 9.78 Å². The van der Waals surface area contributed by atoms with Crippen molar-refractivity contribution in [3.63, 3.8) is 0 Å². The summed E-state index contributed by atoms with van der Waals surface area (Å²) < 4.78 is 15.5. The fourth-order valence-electron chi connectivity index (χ4n) is 5.43. The van der Waals surface area contributed by atoms with Crippen LogP contribution in [0.3, 0.4) is 0 Å². The summed E-state index contributed by atoms with van der Waals surface area (Å²) >= 11 is 6.62. The van der Waals surface area contributed by atoms with Crippen LogP contribution in [-0.2, 0) is 35.7 Å². The van der Waals surface area contributed by atoms with E-state index in [4.69, 9.17) is 51.0 Å². The molecule has 13 heteroatoms. The number of hydrogen-bond donors (Lipinski definition) is 4. The van der Waals surface area contributed by atoms with Gasteiger partial charge in [-0.15, -0.1) is 0 Å². The van der Waals surface area contributed by atoms with Crippen molar-refractivity contribution >= 4 is 38.0 Å². The second-order valence-electron chi connectivity index (χ2n) is 9.77. The zero-order chi connectivity index (χ0) is 27.2. The third kappa shape index (κ3) is 10.5. The Balaban J connectivity index is 0.00000127. The van der Waals surface area contributed by atoms with Crippen LogP contribution < -0.4 is 26.0 Å². The Bertz CT molecular complexity index is 859. The molecular weight excluding hydrogens is 596 g/mol. The summed E-state index contributed by atoms with van der Waals surface area (Å²) in [6.07, 6.45) is 8.71. The molecule has 2 heterocycles. The van der Waals surface area contributed by atoms with Gasteiger partial charge in [0, 0.05) is 63.5 Å². The van der Waals surface area contributed by atoms with Crippen LogP contribution >= 0.6 is 31.8 Å². The Morgan fingerprint density at radius 2 is 1.39 bits per heavy atom. The number of nitrogens with one attached hydrogen (secondary N) is 4. The molecule has 1 aromatic heterocycles. The SMILES string of the molecule is COCCOC(=O)Oc1cc(Cl)c2nc1CN[C@@H]1CCCC[C@H]1NCCN[C@@H]1CCCC[C@H]1NC2.[Cl][Mn][Cl]. The van der Waals surface area contributed by atoms with E-state index in [0.717, 1.165) is 38.0 Å². The predicted molar refractivity (Wildman–Crippen MR) is 147 cm³/mol. The first-order valence-corrected chi connectivity index (χ1v) is 17.0. The molecule has 2 bridgehead atoms. The Hall–Kier alpha value is -0.391. The van der Waals surface area contributed by atoms with Crippen molar-refractivity contribution in [2.75, 3.05) is 33.4 Å². The van der Waals surface area contributed by atoms with Crippen LogP contribution in [-0.4, -0.2) is 68.7 Å². The number of hydrogen-bond acceptors (Lipinski definition) is 9. The van der Waals surface area contributed by atoms with Gasteiger partial charge < -0.3 is 35.5 Å². The third-order valence-corrected chi connectivity index (χ3v) is 7.65. The number of carbonyl (C=O) groups excluding carboxylic acids is 1.